The first-order valence-corrected chi connectivity index (χ1v) is 9.21. The summed E-state index contributed by atoms with van der Waals surface area (Å²) in [7, 11) is 11.6. The van der Waals surface area contributed by atoms with Crippen molar-refractivity contribution in [2.24, 2.45) is 0 Å². The van der Waals surface area contributed by atoms with E-state index in [1.54, 1.807) is 0 Å². The van der Waals surface area contributed by atoms with E-state index in [-0.39, 0.29) is 0 Å². The normalized spacial score (nSPS) is 9.33. The van der Waals surface area contributed by atoms with Gasteiger partial charge in [0.05, 0.1) is 0 Å². The minimum absolute atomic E-state index is 0.970. The molecule has 0 aliphatic heterocycles. The summed E-state index contributed by atoms with van der Waals surface area (Å²) >= 11 is -2.71. The molecule has 0 saturated carbocycles. The van der Waals surface area contributed by atoms with Crippen LogP contribution < -0.4 is 0 Å². The van der Waals surface area contributed by atoms with Gasteiger partial charge in [-0.1, -0.05) is 24.4 Å². The molecule has 0 N–H and O–H groups in total. The van der Waals surface area contributed by atoms with Crippen LogP contribution in [0.3, 0.4) is 0 Å². The summed E-state index contributed by atoms with van der Waals surface area (Å²) in [6.07, 6.45) is 0. The standard InChI is InChI=1S/2C2H5.2Al.2ClH.O/c2*1-2;;;;;/h2*1H2,2H3;;;2*1H;/q;;2*+1;;;/p-2. The van der Waals surface area contributed by atoms with Crippen LogP contribution in [0.4, 0.5) is 0 Å². The van der Waals surface area contributed by atoms with Crippen molar-refractivity contribution >= 4 is 47.2 Å². The van der Waals surface area contributed by atoms with Gasteiger partial charge in [0.25, 0.3) is 0 Å². The lowest BCUT2D eigenvalue weighted by Gasteiger charge is -2.05. The summed E-state index contributed by atoms with van der Waals surface area (Å²) in [5, 5.41) is 1.94. The molecule has 0 aromatic rings. The Morgan fingerprint density at radius 1 is 1.11 bits per heavy atom. The number of rotatable bonds is 4. The zero-order valence-corrected chi connectivity index (χ0v) is 9.55. The highest BCUT2D eigenvalue weighted by molar-refractivity contribution is 7.12. The summed E-state index contributed by atoms with van der Waals surface area (Å²) in [5.41, 5.74) is 0. The molecule has 52 valence electrons. The number of halogens is 2. The average molecular weight is 199 g/mol. The highest BCUT2D eigenvalue weighted by Crippen LogP contribution is 2.06. The van der Waals surface area contributed by atoms with Crippen molar-refractivity contribution in [3.8, 4) is 0 Å². The van der Waals surface area contributed by atoms with Crippen LogP contribution in [-0.4, -0.2) is 27.1 Å². The smallest absolute Gasteiger partial charge is 0.561 e. The molecule has 0 aromatic carbocycles. The van der Waals surface area contributed by atoms with Crippen LogP contribution >= 0.6 is 20.1 Å². The van der Waals surface area contributed by atoms with Crippen LogP contribution in [0.5, 0.6) is 0 Å². The van der Waals surface area contributed by atoms with E-state index < -0.39 is 27.1 Å². The van der Waals surface area contributed by atoms with E-state index in [2.05, 4.69) is 0 Å². The van der Waals surface area contributed by atoms with Gasteiger partial charge in [0.1, 0.15) is 0 Å². The molecule has 0 rings (SSSR count). The third-order valence-corrected chi connectivity index (χ3v) is 8.29. The quantitative estimate of drug-likeness (QED) is 0.632. The van der Waals surface area contributed by atoms with E-state index in [1.165, 1.54) is 0 Å². The summed E-state index contributed by atoms with van der Waals surface area (Å²) < 4.78 is 5.36. The topological polar surface area (TPSA) is 9.23 Å². The molecule has 9 heavy (non-hydrogen) atoms. The molecule has 0 atom stereocenters. The lowest BCUT2D eigenvalue weighted by Crippen LogP contribution is -2.18. The maximum atomic E-state index is 5.81. The Kier molecular flexibility index (Phi) is 7.45. The van der Waals surface area contributed by atoms with E-state index in [9.17, 15) is 0 Å². The fourth-order valence-electron chi connectivity index (χ4n) is 0.353. The molecule has 0 bridgehead atoms. The second kappa shape index (κ2) is 6.32. The predicted molar refractivity (Wildman–Crippen MR) is 45.3 cm³/mol. The van der Waals surface area contributed by atoms with Crippen molar-refractivity contribution in [3.05, 3.63) is 0 Å². The minimum atomic E-state index is -1.35. The van der Waals surface area contributed by atoms with E-state index >= 15 is 0 Å². The Hall–Kier alpha value is 1.60. The fourth-order valence-corrected chi connectivity index (χ4v) is 5.88. The van der Waals surface area contributed by atoms with Crippen LogP contribution in [0.15, 0.2) is 0 Å². The lowest BCUT2D eigenvalue weighted by molar-refractivity contribution is 0.620. The van der Waals surface area contributed by atoms with Crippen molar-refractivity contribution < 1.29 is 2.84 Å². The molecule has 0 fully saturated rings. The van der Waals surface area contributed by atoms with Gasteiger partial charge in [0.2, 0.25) is 0 Å². The summed E-state index contributed by atoms with van der Waals surface area (Å²) in [4.78, 5) is 0. The van der Waals surface area contributed by atoms with Crippen LogP contribution in [0.1, 0.15) is 13.8 Å². The molecule has 5 heteroatoms. The molecular weight excluding hydrogens is 189 g/mol. The third kappa shape index (κ3) is 6.02. The van der Waals surface area contributed by atoms with Crippen LogP contribution in [0, 0.1) is 0 Å². The predicted octanol–water partition coefficient (Wildman–Crippen LogP) is 2.50. The maximum absolute atomic E-state index is 5.81. The number of hydrogen-bond acceptors (Lipinski definition) is 1. The zero-order chi connectivity index (χ0) is 7.28. The first-order chi connectivity index (χ1) is 4.20. The van der Waals surface area contributed by atoms with Crippen molar-refractivity contribution in [1.29, 1.82) is 0 Å². The largest absolute Gasteiger partial charge is 0.613 e. The molecule has 0 radical (unpaired) electrons. The Bertz CT molecular complexity index is 65.6. The second-order valence-electron chi connectivity index (χ2n) is 1.77. The van der Waals surface area contributed by atoms with Gasteiger partial charge in [0, 0.05) is 0 Å². The zero-order valence-electron chi connectivity index (χ0n) is 5.73. The van der Waals surface area contributed by atoms with Gasteiger partial charge in [-0.3, -0.25) is 0 Å². The van der Waals surface area contributed by atoms with Crippen molar-refractivity contribution in [2.45, 2.75) is 24.4 Å². The molecule has 0 unspecified atom stereocenters. The molecule has 0 spiro atoms. The summed E-state index contributed by atoms with van der Waals surface area (Å²) in [6, 6.07) is 0. The lowest BCUT2D eigenvalue weighted by atomic mass is 11.0. The Labute approximate surface area is 74.1 Å². The highest BCUT2D eigenvalue weighted by Gasteiger charge is 2.22. The summed E-state index contributed by atoms with van der Waals surface area (Å²) in [5.74, 6) is 0. The molecule has 0 aliphatic rings. The minimum Gasteiger partial charge on any atom is -0.613 e. The van der Waals surface area contributed by atoms with Gasteiger partial charge in [-0.15, -0.1) is 0 Å². The van der Waals surface area contributed by atoms with Crippen molar-refractivity contribution in [1.82, 2.24) is 0 Å². The molecule has 0 aliphatic carbocycles. The SMILES string of the molecule is C[CH2][Al]([Cl])[O][Al]([Cl])[CH2]C. The molecule has 0 heterocycles. The van der Waals surface area contributed by atoms with Gasteiger partial charge >= 0.3 is 27.1 Å². The van der Waals surface area contributed by atoms with Gasteiger partial charge in [-0.25, -0.2) is 20.1 Å². The van der Waals surface area contributed by atoms with Gasteiger partial charge < -0.3 is 2.84 Å². The van der Waals surface area contributed by atoms with Gasteiger partial charge in [0.15, 0.2) is 0 Å². The maximum Gasteiger partial charge on any atom is 0.561 e. The average Bonchev–Trinajstić information content (AvgIpc) is 1.87. The highest BCUT2D eigenvalue weighted by atomic mass is 35.6. The van der Waals surface area contributed by atoms with E-state index in [1.807, 2.05) is 13.8 Å². The van der Waals surface area contributed by atoms with Crippen LogP contribution in [-0.2, 0) is 2.84 Å². The molecule has 0 saturated heterocycles. The molecule has 1 nitrogen and oxygen atoms in total. The molecular formula is C4H10Al2Cl2O. The van der Waals surface area contributed by atoms with Gasteiger partial charge in [-0.2, -0.15) is 0 Å². The Balaban J connectivity index is 3.22. The first kappa shape index (κ1) is 10.6. The number of hydrogen-bond donors (Lipinski definition) is 0. The summed E-state index contributed by atoms with van der Waals surface area (Å²) in [6.45, 7) is 4.08. The third-order valence-electron chi connectivity index (χ3n) is 0.937. The van der Waals surface area contributed by atoms with Gasteiger partial charge in [-0.05, 0) is 0 Å². The Morgan fingerprint density at radius 2 is 1.44 bits per heavy atom. The van der Waals surface area contributed by atoms with E-state index in [4.69, 9.17) is 22.9 Å². The molecule has 0 amide bonds. The van der Waals surface area contributed by atoms with Crippen molar-refractivity contribution in [2.75, 3.05) is 0 Å². The fraction of sp³-hybridized carbons (Fsp3) is 1.00. The van der Waals surface area contributed by atoms with Crippen molar-refractivity contribution in [3.63, 3.8) is 0 Å². The molecule has 0 aromatic heterocycles. The van der Waals surface area contributed by atoms with E-state index in [0.717, 1.165) is 10.6 Å². The van der Waals surface area contributed by atoms with Crippen LogP contribution in [0.2, 0.25) is 10.6 Å². The van der Waals surface area contributed by atoms with Crippen LogP contribution in [0.25, 0.3) is 0 Å². The Morgan fingerprint density at radius 3 is 1.67 bits per heavy atom. The second-order valence-corrected chi connectivity index (χ2v) is 9.06. The van der Waals surface area contributed by atoms with E-state index in [0.29, 0.717) is 0 Å². The first-order valence-electron chi connectivity index (χ1n) is 3.14. The monoisotopic (exact) mass is 198 g/mol.